The lowest BCUT2D eigenvalue weighted by molar-refractivity contribution is -0.118. The number of primary amides is 1. The number of carboxylic acid groups (broad SMARTS) is 1. The first kappa shape index (κ1) is 17.4. The van der Waals surface area contributed by atoms with Gasteiger partial charge in [0.1, 0.15) is 0 Å². The molecule has 0 bridgehead atoms. The van der Waals surface area contributed by atoms with E-state index in [4.69, 9.17) is 22.4 Å². The van der Waals surface area contributed by atoms with E-state index in [0.29, 0.717) is 0 Å². The zero-order chi connectivity index (χ0) is 16.4. The Morgan fingerprint density at radius 3 is 2.33 bits per heavy atom. The topological polar surface area (TPSA) is 118 Å². The second-order valence-corrected chi connectivity index (χ2v) is 6.85. The van der Waals surface area contributed by atoms with Crippen molar-refractivity contribution in [2.75, 3.05) is 6.54 Å². The van der Waals surface area contributed by atoms with Crippen LogP contribution in [0.1, 0.15) is 24.2 Å². The van der Waals surface area contributed by atoms with Gasteiger partial charge < -0.3 is 10.8 Å². The minimum atomic E-state index is -4.01. The number of rotatable bonds is 6. The van der Waals surface area contributed by atoms with Crippen LogP contribution >= 0.6 is 11.6 Å². The average molecular weight is 335 g/mol. The molecule has 7 nitrogen and oxygen atoms in total. The molecule has 0 fully saturated rings. The number of aromatic carboxylic acids is 1. The lowest BCUT2D eigenvalue weighted by Crippen LogP contribution is -2.42. The third-order valence-electron chi connectivity index (χ3n) is 2.67. The molecule has 0 atom stereocenters. The lowest BCUT2D eigenvalue weighted by atomic mass is 10.2. The summed E-state index contributed by atoms with van der Waals surface area (Å²) in [6, 6.07) is 2.76. The fourth-order valence-corrected chi connectivity index (χ4v) is 3.62. The molecular formula is C12H15ClN2O5S. The molecule has 0 saturated carbocycles. The highest BCUT2D eigenvalue weighted by Gasteiger charge is 2.29. The van der Waals surface area contributed by atoms with E-state index in [1.807, 2.05) is 0 Å². The number of hydrogen-bond donors (Lipinski definition) is 2. The third-order valence-corrected chi connectivity index (χ3v) is 5.00. The molecule has 1 aromatic carbocycles. The van der Waals surface area contributed by atoms with Gasteiger partial charge in [0.2, 0.25) is 15.9 Å². The highest BCUT2D eigenvalue weighted by molar-refractivity contribution is 7.89. The van der Waals surface area contributed by atoms with E-state index >= 15 is 0 Å². The summed E-state index contributed by atoms with van der Waals surface area (Å²) in [5, 5.41) is 8.67. The van der Waals surface area contributed by atoms with Crippen molar-refractivity contribution in [3.05, 3.63) is 28.8 Å². The van der Waals surface area contributed by atoms with Crippen LogP contribution in [0, 0.1) is 0 Å². The number of nitrogens with zero attached hydrogens (tertiary/aromatic N) is 1. The highest BCUT2D eigenvalue weighted by Crippen LogP contribution is 2.24. The molecule has 0 aliphatic carbocycles. The van der Waals surface area contributed by atoms with Crippen LogP contribution in [0.2, 0.25) is 5.02 Å². The molecule has 0 aliphatic rings. The van der Waals surface area contributed by atoms with Crippen molar-refractivity contribution < 1.29 is 23.1 Å². The molecular weight excluding hydrogens is 320 g/mol. The average Bonchev–Trinajstić information content (AvgIpc) is 2.34. The second kappa shape index (κ2) is 6.42. The molecule has 21 heavy (non-hydrogen) atoms. The molecule has 0 aromatic heterocycles. The Bertz CT molecular complexity index is 672. The largest absolute Gasteiger partial charge is 0.478 e. The Hall–Kier alpha value is -1.64. The summed E-state index contributed by atoms with van der Waals surface area (Å²) < 4.78 is 25.8. The van der Waals surface area contributed by atoms with Crippen LogP contribution in [0.15, 0.2) is 23.1 Å². The first-order valence-corrected chi connectivity index (χ1v) is 7.72. The second-order valence-electron chi connectivity index (χ2n) is 4.56. The Labute approximate surface area is 127 Å². The molecule has 0 saturated heterocycles. The summed E-state index contributed by atoms with van der Waals surface area (Å²) in [6.07, 6.45) is 0. The number of hydrogen-bond acceptors (Lipinski definition) is 4. The zero-order valence-corrected chi connectivity index (χ0v) is 13.0. The Morgan fingerprint density at radius 1 is 1.38 bits per heavy atom. The van der Waals surface area contributed by atoms with Gasteiger partial charge in [0, 0.05) is 6.04 Å². The summed E-state index contributed by atoms with van der Waals surface area (Å²) in [7, 11) is -4.01. The summed E-state index contributed by atoms with van der Waals surface area (Å²) in [5.74, 6) is -2.05. The number of benzene rings is 1. The molecule has 116 valence electrons. The number of carbonyl (C=O) groups excluding carboxylic acids is 1. The minimum absolute atomic E-state index is 0.201. The SMILES string of the molecule is CC(C)N(CC(N)=O)S(=O)(=O)c1ccc(C(=O)O)c(Cl)c1. The van der Waals surface area contributed by atoms with Crippen LogP contribution in [0.5, 0.6) is 0 Å². The predicted molar refractivity (Wildman–Crippen MR) is 76.6 cm³/mol. The summed E-state index contributed by atoms with van der Waals surface area (Å²) >= 11 is 5.77. The third kappa shape index (κ3) is 3.93. The van der Waals surface area contributed by atoms with Gasteiger partial charge in [-0.2, -0.15) is 4.31 Å². The monoisotopic (exact) mass is 334 g/mol. The van der Waals surface area contributed by atoms with Gasteiger partial charge in [-0.05, 0) is 32.0 Å². The quantitative estimate of drug-likeness (QED) is 0.802. The first-order chi connectivity index (χ1) is 9.57. The molecule has 9 heteroatoms. The van der Waals surface area contributed by atoms with Crippen LogP contribution in [0.4, 0.5) is 0 Å². The van der Waals surface area contributed by atoms with Gasteiger partial charge in [0.05, 0.1) is 22.0 Å². The van der Waals surface area contributed by atoms with Crippen molar-refractivity contribution in [1.82, 2.24) is 4.31 Å². The van der Waals surface area contributed by atoms with Gasteiger partial charge in [-0.1, -0.05) is 11.6 Å². The Kier molecular flexibility index (Phi) is 5.32. The van der Waals surface area contributed by atoms with Crippen LogP contribution in [0.3, 0.4) is 0 Å². The number of nitrogens with two attached hydrogens (primary N) is 1. The number of sulfonamides is 1. The van der Waals surface area contributed by atoms with Gasteiger partial charge in [-0.15, -0.1) is 0 Å². The highest BCUT2D eigenvalue weighted by atomic mass is 35.5. The Balaban J connectivity index is 3.32. The summed E-state index contributed by atoms with van der Waals surface area (Å²) in [5.41, 5.74) is 4.84. The van der Waals surface area contributed by atoms with Crippen LogP contribution < -0.4 is 5.73 Å². The number of carboxylic acids is 1. The van der Waals surface area contributed by atoms with Gasteiger partial charge in [0.15, 0.2) is 0 Å². The van der Waals surface area contributed by atoms with Crippen molar-refractivity contribution in [3.8, 4) is 0 Å². The van der Waals surface area contributed by atoms with Gasteiger partial charge >= 0.3 is 5.97 Å². The maximum absolute atomic E-state index is 12.5. The lowest BCUT2D eigenvalue weighted by Gasteiger charge is -2.24. The number of halogens is 1. The molecule has 0 unspecified atom stereocenters. The molecule has 1 aromatic rings. The molecule has 0 spiro atoms. The van der Waals surface area contributed by atoms with Gasteiger partial charge in [0.25, 0.3) is 0 Å². The molecule has 1 rings (SSSR count). The molecule has 0 aliphatic heterocycles. The van der Waals surface area contributed by atoms with Crippen LogP contribution in [-0.2, 0) is 14.8 Å². The van der Waals surface area contributed by atoms with E-state index in [2.05, 4.69) is 0 Å². The Morgan fingerprint density at radius 2 is 1.95 bits per heavy atom. The van der Waals surface area contributed by atoms with Crippen molar-refractivity contribution in [2.45, 2.75) is 24.8 Å². The molecule has 3 N–H and O–H groups in total. The van der Waals surface area contributed by atoms with Crippen LogP contribution in [0.25, 0.3) is 0 Å². The van der Waals surface area contributed by atoms with Gasteiger partial charge in [-0.25, -0.2) is 13.2 Å². The molecule has 0 heterocycles. The van der Waals surface area contributed by atoms with Crippen molar-refractivity contribution in [1.29, 1.82) is 0 Å². The standard InChI is InChI=1S/C12H15ClN2O5S/c1-7(2)15(6-11(14)16)21(19,20)8-3-4-9(12(17)18)10(13)5-8/h3-5,7H,6H2,1-2H3,(H2,14,16)(H,17,18). The zero-order valence-electron chi connectivity index (χ0n) is 11.4. The van der Waals surface area contributed by atoms with E-state index in [1.54, 1.807) is 13.8 Å². The smallest absolute Gasteiger partial charge is 0.337 e. The minimum Gasteiger partial charge on any atom is -0.478 e. The molecule has 0 radical (unpaired) electrons. The van der Waals surface area contributed by atoms with Crippen molar-refractivity contribution in [2.24, 2.45) is 5.73 Å². The van der Waals surface area contributed by atoms with E-state index in [9.17, 15) is 18.0 Å². The maximum atomic E-state index is 12.5. The van der Waals surface area contributed by atoms with Crippen molar-refractivity contribution in [3.63, 3.8) is 0 Å². The maximum Gasteiger partial charge on any atom is 0.337 e. The van der Waals surface area contributed by atoms with Crippen molar-refractivity contribution >= 4 is 33.5 Å². The fraction of sp³-hybridized carbons (Fsp3) is 0.333. The summed E-state index contributed by atoms with van der Waals surface area (Å²) in [6.45, 7) is 2.71. The summed E-state index contributed by atoms with van der Waals surface area (Å²) in [4.78, 5) is 21.7. The molecule has 1 amide bonds. The fourth-order valence-electron chi connectivity index (χ4n) is 1.66. The predicted octanol–water partition coefficient (Wildman–Crippen LogP) is 0.923. The number of amides is 1. The van der Waals surface area contributed by atoms with E-state index in [1.165, 1.54) is 0 Å². The van der Waals surface area contributed by atoms with Gasteiger partial charge in [-0.3, -0.25) is 4.79 Å². The van der Waals surface area contributed by atoms with E-state index < -0.39 is 34.5 Å². The van der Waals surface area contributed by atoms with Crippen LogP contribution in [-0.4, -0.2) is 42.3 Å². The normalized spacial score (nSPS) is 11.9. The first-order valence-electron chi connectivity index (χ1n) is 5.90. The van der Waals surface area contributed by atoms with E-state index in [-0.39, 0.29) is 15.5 Å². The number of carbonyl (C=O) groups is 2. The van der Waals surface area contributed by atoms with E-state index in [0.717, 1.165) is 22.5 Å².